The van der Waals surface area contributed by atoms with E-state index in [2.05, 4.69) is 13.8 Å². The zero-order valence-corrected chi connectivity index (χ0v) is 15.3. The first kappa shape index (κ1) is 17.1. The second-order valence-electron chi connectivity index (χ2n) is 9.08. The van der Waals surface area contributed by atoms with Crippen molar-refractivity contribution in [3.05, 3.63) is 11.6 Å². The number of esters is 2. The summed E-state index contributed by atoms with van der Waals surface area (Å²) in [4.78, 5) is 23.9. The molecule has 1 N–H and O–H groups in total. The van der Waals surface area contributed by atoms with Crippen LogP contribution in [0, 0.1) is 22.7 Å². The van der Waals surface area contributed by atoms with Crippen LogP contribution in [0.5, 0.6) is 0 Å². The Morgan fingerprint density at radius 2 is 2.04 bits per heavy atom. The van der Waals surface area contributed by atoms with Crippen molar-refractivity contribution in [2.24, 2.45) is 22.7 Å². The van der Waals surface area contributed by atoms with Gasteiger partial charge in [-0.05, 0) is 50.5 Å². The number of ether oxygens (including phenoxy) is 2. The topological polar surface area (TPSA) is 72.8 Å². The average Bonchev–Trinajstić information content (AvgIpc) is 3.06. The van der Waals surface area contributed by atoms with Crippen LogP contribution in [0.2, 0.25) is 0 Å². The van der Waals surface area contributed by atoms with E-state index in [9.17, 15) is 14.7 Å². The van der Waals surface area contributed by atoms with Gasteiger partial charge in [0.15, 0.2) is 0 Å². The number of rotatable bonds is 3. The summed E-state index contributed by atoms with van der Waals surface area (Å²) in [6.45, 7) is 6.60. The number of aliphatic hydroxyl groups is 1. The molecule has 4 rings (SSSR count). The molecule has 2 aliphatic heterocycles. The van der Waals surface area contributed by atoms with Crippen LogP contribution < -0.4 is 0 Å². The van der Waals surface area contributed by atoms with Crippen molar-refractivity contribution >= 4 is 11.9 Å². The molecule has 2 aliphatic carbocycles. The molecule has 138 valence electrons. The van der Waals surface area contributed by atoms with E-state index < -0.39 is 11.0 Å². The molecule has 0 radical (unpaired) electrons. The number of hydrogen-bond donors (Lipinski definition) is 1. The minimum absolute atomic E-state index is 0.0469. The maximum Gasteiger partial charge on any atom is 0.331 e. The molecule has 0 aromatic rings. The molecule has 6 unspecified atom stereocenters. The summed E-state index contributed by atoms with van der Waals surface area (Å²) in [6, 6.07) is 0. The molecule has 4 aliphatic rings. The number of cyclic esters (lactones) is 1. The Hall–Kier alpha value is -1.36. The van der Waals surface area contributed by atoms with Gasteiger partial charge in [0.1, 0.15) is 12.7 Å². The van der Waals surface area contributed by atoms with Crippen molar-refractivity contribution in [1.29, 1.82) is 0 Å². The van der Waals surface area contributed by atoms with Crippen LogP contribution in [0.1, 0.15) is 59.3 Å². The third kappa shape index (κ3) is 2.17. The Balaban J connectivity index is 1.66. The lowest BCUT2D eigenvalue weighted by atomic mass is 9.44. The summed E-state index contributed by atoms with van der Waals surface area (Å²) in [5, 5.41) is 11.9. The first-order valence-electron chi connectivity index (χ1n) is 9.50. The monoisotopic (exact) mass is 348 g/mol. The van der Waals surface area contributed by atoms with Gasteiger partial charge in [-0.2, -0.15) is 0 Å². The van der Waals surface area contributed by atoms with E-state index in [0.29, 0.717) is 25.9 Å². The molecule has 0 spiro atoms. The number of carbonyl (C=O) groups excluding carboxylic acids is 2. The van der Waals surface area contributed by atoms with Gasteiger partial charge in [-0.1, -0.05) is 20.3 Å². The van der Waals surface area contributed by atoms with Crippen LogP contribution in [0.4, 0.5) is 0 Å². The SMILES string of the molecule is CC1CC2OC(=O)C3(C)CCCC(C)(C23)C1(O)CCC1=CC(=O)OC1. The second kappa shape index (κ2) is 5.32. The summed E-state index contributed by atoms with van der Waals surface area (Å²) < 4.78 is 10.8. The van der Waals surface area contributed by atoms with Gasteiger partial charge < -0.3 is 14.6 Å². The minimum Gasteiger partial charge on any atom is -0.462 e. The largest absolute Gasteiger partial charge is 0.462 e. The molecule has 0 aromatic carbocycles. The summed E-state index contributed by atoms with van der Waals surface area (Å²) >= 11 is 0. The van der Waals surface area contributed by atoms with E-state index in [0.717, 1.165) is 24.8 Å². The highest BCUT2D eigenvalue weighted by molar-refractivity contribution is 5.85. The van der Waals surface area contributed by atoms with Gasteiger partial charge >= 0.3 is 11.9 Å². The van der Waals surface area contributed by atoms with E-state index in [1.165, 1.54) is 0 Å². The summed E-state index contributed by atoms with van der Waals surface area (Å²) in [5.74, 6) is -0.254. The third-order valence-corrected chi connectivity index (χ3v) is 7.80. The first-order chi connectivity index (χ1) is 11.7. The van der Waals surface area contributed by atoms with E-state index in [4.69, 9.17) is 9.47 Å². The summed E-state index contributed by atoms with van der Waals surface area (Å²) in [7, 11) is 0. The second-order valence-corrected chi connectivity index (χ2v) is 9.08. The van der Waals surface area contributed by atoms with Gasteiger partial charge in [-0.25, -0.2) is 4.79 Å². The molecule has 0 aromatic heterocycles. The van der Waals surface area contributed by atoms with Crippen molar-refractivity contribution in [2.75, 3.05) is 6.61 Å². The number of hydrogen-bond acceptors (Lipinski definition) is 5. The normalized spacial score (nSPS) is 48.6. The molecule has 1 saturated heterocycles. The fourth-order valence-corrected chi connectivity index (χ4v) is 6.44. The smallest absolute Gasteiger partial charge is 0.331 e. The molecule has 0 amide bonds. The van der Waals surface area contributed by atoms with Crippen LogP contribution in [0.15, 0.2) is 11.6 Å². The van der Waals surface area contributed by atoms with Crippen LogP contribution in [0.25, 0.3) is 0 Å². The average molecular weight is 348 g/mol. The molecule has 25 heavy (non-hydrogen) atoms. The van der Waals surface area contributed by atoms with Gasteiger partial charge in [0.2, 0.25) is 0 Å². The van der Waals surface area contributed by atoms with Crippen molar-refractivity contribution in [1.82, 2.24) is 0 Å². The molecule has 0 bridgehead atoms. The van der Waals surface area contributed by atoms with Crippen molar-refractivity contribution in [3.8, 4) is 0 Å². The lowest BCUT2D eigenvalue weighted by molar-refractivity contribution is -0.217. The Kier molecular flexibility index (Phi) is 3.63. The Bertz CT molecular complexity index is 654. The van der Waals surface area contributed by atoms with Gasteiger partial charge in [0.05, 0.1) is 11.0 Å². The predicted octanol–water partition coefficient (Wildman–Crippen LogP) is 2.76. The standard InChI is InChI=1S/C20H28O5/c1-12-9-14-16-18(2,17(22)25-14)6-4-7-19(16,3)20(12,23)8-5-13-10-15(21)24-11-13/h10,12,14,16,23H,4-9,11H2,1-3H3. The maximum absolute atomic E-state index is 12.6. The van der Waals surface area contributed by atoms with Crippen LogP contribution in [-0.4, -0.2) is 35.4 Å². The van der Waals surface area contributed by atoms with E-state index >= 15 is 0 Å². The highest BCUT2D eigenvalue weighted by Crippen LogP contribution is 2.67. The van der Waals surface area contributed by atoms with Crippen LogP contribution in [0.3, 0.4) is 0 Å². The molecule has 5 heteroatoms. The Morgan fingerprint density at radius 3 is 2.72 bits per heavy atom. The van der Waals surface area contributed by atoms with E-state index in [1.54, 1.807) is 6.08 Å². The molecular formula is C20H28O5. The maximum atomic E-state index is 12.6. The Labute approximate surface area is 148 Å². The highest BCUT2D eigenvalue weighted by Gasteiger charge is 2.70. The van der Waals surface area contributed by atoms with Gasteiger partial charge in [-0.15, -0.1) is 0 Å². The van der Waals surface area contributed by atoms with Gasteiger partial charge in [0, 0.05) is 17.4 Å². The van der Waals surface area contributed by atoms with Crippen LogP contribution in [-0.2, 0) is 19.1 Å². The van der Waals surface area contributed by atoms with Gasteiger partial charge in [-0.3, -0.25) is 4.79 Å². The fraction of sp³-hybridized carbons (Fsp3) is 0.800. The molecule has 3 fully saturated rings. The fourth-order valence-electron chi connectivity index (χ4n) is 6.44. The first-order valence-corrected chi connectivity index (χ1v) is 9.50. The Morgan fingerprint density at radius 1 is 1.28 bits per heavy atom. The van der Waals surface area contributed by atoms with Gasteiger partial charge in [0.25, 0.3) is 0 Å². The highest BCUT2D eigenvalue weighted by atomic mass is 16.6. The van der Waals surface area contributed by atoms with Crippen molar-refractivity contribution < 1.29 is 24.2 Å². The molecular weight excluding hydrogens is 320 g/mol. The summed E-state index contributed by atoms with van der Waals surface area (Å²) in [6.07, 6.45) is 6.14. The summed E-state index contributed by atoms with van der Waals surface area (Å²) in [5.41, 5.74) is -0.736. The molecule has 2 heterocycles. The van der Waals surface area contributed by atoms with E-state index in [1.807, 2.05) is 6.92 Å². The number of carbonyl (C=O) groups is 2. The zero-order valence-electron chi connectivity index (χ0n) is 15.3. The predicted molar refractivity (Wildman–Crippen MR) is 90.4 cm³/mol. The van der Waals surface area contributed by atoms with Crippen molar-refractivity contribution in [3.63, 3.8) is 0 Å². The zero-order chi connectivity index (χ0) is 18.0. The van der Waals surface area contributed by atoms with E-state index in [-0.39, 0.29) is 35.3 Å². The lowest BCUT2D eigenvalue weighted by Gasteiger charge is -2.61. The third-order valence-electron chi connectivity index (χ3n) is 7.80. The minimum atomic E-state index is -0.865. The molecule has 2 saturated carbocycles. The van der Waals surface area contributed by atoms with Crippen LogP contribution >= 0.6 is 0 Å². The molecule has 6 atom stereocenters. The molecule has 5 nitrogen and oxygen atoms in total. The van der Waals surface area contributed by atoms with Crippen molar-refractivity contribution in [2.45, 2.75) is 71.0 Å². The quantitative estimate of drug-likeness (QED) is 0.794. The lowest BCUT2D eigenvalue weighted by Crippen LogP contribution is -2.65.